The third-order valence-corrected chi connectivity index (χ3v) is 7.29. The molecule has 2 aromatic heterocycles. The first-order chi connectivity index (χ1) is 13.7. The van der Waals surface area contributed by atoms with Crippen LogP contribution in [0.3, 0.4) is 0 Å². The summed E-state index contributed by atoms with van der Waals surface area (Å²) in [5.41, 5.74) is 5.07. The van der Waals surface area contributed by atoms with E-state index in [-0.39, 0.29) is 5.91 Å². The number of carbonyl (C=O) groups is 1. The van der Waals surface area contributed by atoms with Gasteiger partial charge in [0, 0.05) is 8.45 Å². The van der Waals surface area contributed by atoms with Crippen molar-refractivity contribution < 1.29 is 4.79 Å². The minimum Gasteiger partial charge on any atom is -0.338 e. The van der Waals surface area contributed by atoms with E-state index in [4.69, 9.17) is 4.98 Å². The van der Waals surface area contributed by atoms with E-state index in [1.165, 1.54) is 23.3 Å². The highest BCUT2D eigenvalue weighted by Crippen LogP contribution is 2.43. The number of carbonyl (C=O) groups excluding carboxylic acids is 1. The van der Waals surface area contributed by atoms with Gasteiger partial charge in [0.1, 0.15) is 10.8 Å². The topological polar surface area (TPSA) is 57.8 Å². The van der Waals surface area contributed by atoms with Crippen molar-refractivity contribution in [3.63, 3.8) is 0 Å². The summed E-state index contributed by atoms with van der Waals surface area (Å²) in [5.74, 6) is 0.777. The highest BCUT2D eigenvalue weighted by Gasteiger charge is 2.25. The summed E-state index contributed by atoms with van der Waals surface area (Å²) < 4.78 is 0.948. The van der Waals surface area contributed by atoms with Crippen LogP contribution < -0.4 is 5.32 Å². The molecule has 2 N–H and O–H groups in total. The number of fused-ring (bicyclic) bond motifs is 2. The molecule has 28 heavy (non-hydrogen) atoms. The SMILES string of the molecule is O=C(Nc1sc2c(c1-c1nc3ccccc3[nH]1)CCCC2)c1ccccc1I. The molecule has 0 spiro atoms. The summed E-state index contributed by atoms with van der Waals surface area (Å²) in [6.45, 7) is 0. The molecule has 0 saturated carbocycles. The third kappa shape index (κ3) is 3.14. The van der Waals surface area contributed by atoms with Crippen LogP contribution in [0, 0.1) is 3.57 Å². The first-order valence-corrected chi connectivity index (χ1v) is 11.3. The van der Waals surface area contributed by atoms with Gasteiger partial charge in [-0.15, -0.1) is 11.3 Å². The number of hydrogen-bond donors (Lipinski definition) is 2. The number of hydrogen-bond acceptors (Lipinski definition) is 3. The van der Waals surface area contributed by atoms with E-state index in [0.717, 1.165) is 43.8 Å². The van der Waals surface area contributed by atoms with Crippen LogP contribution in [0.4, 0.5) is 5.00 Å². The summed E-state index contributed by atoms with van der Waals surface area (Å²) in [7, 11) is 0. The molecule has 140 valence electrons. The smallest absolute Gasteiger partial charge is 0.257 e. The van der Waals surface area contributed by atoms with Gasteiger partial charge in [0.2, 0.25) is 0 Å². The Labute approximate surface area is 180 Å². The van der Waals surface area contributed by atoms with Crippen molar-refractivity contribution in [3.8, 4) is 11.4 Å². The van der Waals surface area contributed by atoms with Crippen LogP contribution in [0.2, 0.25) is 0 Å². The summed E-state index contributed by atoms with van der Waals surface area (Å²) in [5, 5.41) is 4.08. The lowest BCUT2D eigenvalue weighted by molar-refractivity contribution is 0.102. The molecule has 0 bridgehead atoms. The molecule has 1 amide bonds. The van der Waals surface area contributed by atoms with Gasteiger partial charge >= 0.3 is 0 Å². The molecule has 0 saturated heterocycles. The lowest BCUT2D eigenvalue weighted by Crippen LogP contribution is -2.13. The van der Waals surface area contributed by atoms with Crippen molar-refractivity contribution in [3.05, 3.63) is 68.1 Å². The van der Waals surface area contributed by atoms with Crippen LogP contribution in [0.5, 0.6) is 0 Å². The molecule has 0 fully saturated rings. The number of aromatic nitrogens is 2. The summed E-state index contributed by atoms with van der Waals surface area (Å²) in [4.78, 5) is 22.6. The number of aromatic amines is 1. The number of nitrogens with one attached hydrogen (secondary N) is 2. The first kappa shape index (κ1) is 17.9. The Morgan fingerprint density at radius 2 is 1.86 bits per heavy atom. The highest BCUT2D eigenvalue weighted by molar-refractivity contribution is 14.1. The largest absolute Gasteiger partial charge is 0.338 e. The molecule has 0 aliphatic heterocycles. The van der Waals surface area contributed by atoms with Crippen molar-refractivity contribution in [2.45, 2.75) is 25.7 Å². The van der Waals surface area contributed by atoms with Gasteiger partial charge in [-0.3, -0.25) is 4.79 Å². The zero-order chi connectivity index (χ0) is 19.1. The maximum atomic E-state index is 13.0. The monoisotopic (exact) mass is 499 g/mol. The lowest BCUT2D eigenvalue weighted by atomic mass is 9.95. The summed E-state index contributed by atoms with van der Waals surface area (Å²) in [6.07, 6.45) is 4.50. The number of amides is 1. The molecule has 2 heterocycles. The number of thiophene rings is 1. The minimum absolute atomic E-state index is 0.0686. The Morgan fingerprint density at radius 1 is 1.07 bits per heavy atom. The fraction of sp³-hybridized carbons (Fsp3) is 0.182. The molecular formula is C22H18IN3OS. The van der Waals surface area contributed by atoms with E-state index < -0.39 is 0 Å². The maximum Gasteiger partial charge on any atom is 0.257 e. The van der Waals surface area contributed by atoms with Crippen molar-refractivity contribution in [1.29, 1.82) is 0 Å². The number of anilines is 1. The zero-order valence-electron chi connectivity index (χ0n) is 15.1. The maximum absolute atomic E-state index is 13.0. The van der Waals surface area contributed by atoms with Crippen LogP contribution in [0.15, 0.2) is 48.5 Å². The summed E-state index contributed by atoms with van der Waals surface area (Å²) in [6, 6.07) is 15.7. The fourth-order valence-corrected chi connectivity index (χ4v) is 5.71. The molecular weight excluding hydrogens is 481 g/mol. The first-order valence-electron chi connectivity index (χ1n) is 9.36. The van der Waals surface area contributed by atoms with E-state index in [9.17, 15) is 4.79 Å². The molecule has 1 aliphatic rings. The quantitative estimate of drug-likeness (QED) is 0.339. The predicted molar refractivity (Wildman–Crippen MR) is 123 cm³/mol. The molecule has 0 atom stereocenters. The number of halogens is 1. The Morgan fingerprint density at radius 3 is 2.71 bits per heavy atom. The van der Waals surface area contributed by atoms with E-state index >= 15 is 0 Å². The lowest BCUT2D eigenvalue weighted by Gasteiger charge is -2.12. The third-order valence-electron chi connectivity index (χ3n) is 5.14. The van der Waals surface area contributed by atoms with Crippen LogP contribution in [0.25, 0.3) is 22.4 Å². The zero-order valence-corrected chi connectivity index (χ0v) is 18.1. The second-order valence-corrected chi connectivity index (χ2v) is 9.22. The Hall–Kier alpha value is -2.19. The van der Waals surface area contributed by atoms with Gasteiger partial charge in [-0.05, 0) is 78.1 Å². The molecule has 0 unspecified atom stereocenters. The number of para-hydroxylation sites is 2. The van der Waals surface area contributed by atoms with Crippen LogP contribution >= 0.6 is 33.9 Å². The normalized spacial score (nSPS) is 13.5. The summed E-state index contributed by atoms with van der Waals surface area (Å²) >= 11 is 3.91. The van der Waals surface area contributed by atoms with Crippen LogP contribution in [0.1, 0.15) is 33.6 Å². The van der Waals surface area contributed by atoms with Crippen molar-refractivity contribution >= 4 is 55.9 Å². The van der Waals surface area contributed by atoms with Crippen molar-refractivity contribution in [2.75, 3.05) is 5.32 Å². The molecule has 6 heteroatoms. The molecule has 4 aromatic rings. The average Bonchev–Trinajstić information content (AvgIpc) is 3.28. The molecule has 0 radical (unpaired) electrons. The van der Waals surface area contributed by atoms with Crippen molar-refractivity contribution in [1.82, 2.24) is 9.97 Å². The van der Waals surface area contributed by atoms with E-state index in [2.05, 4.69) is 32.9 Å². The predicted octanol–water partition coefficient (Wildman–Crippen LogP) is 6.03. The van der Waals surface area contributed by atoms with Gasteiger partial charge < -0.3 is 10.3 Å². The highest BCUT2D eigenvalue weighted by atomic mass is 127. The number of aryl methyl sites for hydroxylation is 1. The van der Waals surface area contributed by atoms with Gasteiger partial charge in [0.25, 0.3) is 5.91 Å². The van der Waals surface area contributed by atoms with E-state index in [1.54, 1.807) is 11.3 Å². The van der Waals surface area contributed by atoms with Crippen LogP contribution in [-0.2, 0) is 12.8 Å². The molecule has 4 nitrogen and oxygen atoms in total. The van der Waals surface area contributed by atoms with Crippen LogP contribution in [-0.4, -0.2) is 15.9 Å². The molecule has 2 aromatic carbocycles. The second-order valence-electron chi connectivity index (χ2n) is 6.95. The van der Waals surface area contributed by atoms with E-state index in [0.29, 0.717) is 5.56 Å². The fourth-order valence-electron chi connectivity index (χ4n) is 3.79. The number of nitrogens with zero attached hydrogens (tertiary/aromatic N) is 1. The van der Waals surface area contributed by atoms with Gasteiger partial charge in [-0.2, -0.15) is 0 Å². The number of imidazole rings is 1. The Kier molecular flexibility index (Phi) is 4.68. The van der Waals surface area contributed by atoms with Gasteiger partial charge in [0.05, 0.1) is 22.2 Å². The Bertz CT molecular complexity index is 1160. The van der Waals surface area contributed by atoms with Gasteiger partial charge in [-0.1, -0.05) is 24.3 Å². The minimum atomic E-state index is -0.0686. The number of H-pyrrole nitrogens is 1. The number of rotatable bonds is 3. The van der Waals surface area contributed by atoms with Gasteiger partial charge in [0.15, 0.2) is 0 Å². The standard InChI is InChI=1S/C22H18IN3OS/c23-15-9-3-1-7-13(15)21(27)26-22-19(14-8-2-6-12-18(14)28-22)20-24-16-10-4-5-11-17(16)25-20/h1,3-5,7,9-11H,2,6,8,12H2,(H,24,25)(H,26,27). The van der Waals surface area contributed by atoms with Crippen molar-refractivity contribution in [2.24, 2.45) is 0 Å². The molecule has 5 rings (SSSR count). The number of benzene rings is 2. The molecule has 1 aliphatic carbocycles. The average molecular weight is 499 g/mol. The Balaban J connectivity index is 1.61. The van der Waals surface area contributed by atoms with E-state index in [1.807, 2.05) is 48.5 Å². The van der Waals surface area contributed by atoms with Gasteiger partial charge in [-0.25, -0.2) is 4.98 Å². The second kappa shape index (κ2) is 7.33.